The van der Waals surface area contributed by atoms with E-state index in [1.165, 1.54) is 0 Å². The maximum Gasteiger partial charge on any atom is 0.262 e. The molecule has 0 spiro atoms. The Bertz CT molecular complexity index is 1130. The molecule has 0 fully saturated rings. The van der Waals surface area contributed by atoms with Gasteiger partial charge in [-0.3, -0.25) is 4.79 Å². The van der Waals surface area contributed by atoms with Crippen molar-refractivity contribution in [2.75, 3.05) is 11.9 Å². The SMILES string of the molecule is Cc1ccc(-c2cn3cccc(C)c3n2)cc1NC(=O)COc1ccccc1. The van der Waals surface area contributed by atoms with Gasteiger partial charge >= 0.3 is 0 Å². The molecule has 0 saturated carbocycles. The molecule has 2 heterocycles. The number of carbonyl (C=O) groups excluding carboxylic acids is 1. The number of imidazole rings is 1. The van der Waals surface area contributed by atoms with Crippen molar-refractivity contribution in [3.8, 4) is 17.0 Å². The molecule has 5 nitrogen and oxygen atoms in total. The number of ether oxygens (including phenoxy) is 1. The molecule has 5 heteroatoms. The van der Waals surface area contributed by atoms with Gasteiger partial charge in [-0.25, -0.2) is 4.98 Å². The second-order valence-electron chi connectivity index (χ2n) is 6.73. The molecular weight excluding hydrogens is 350 g/mol. The van der Waals surface area contributed by atoms with Crippen molar-refractivity contribution in [2.24, 2.45) is 0 Å². The van der Waals surface area contributed by atoms with Crippen LogP contribution in [0.5, 0.6) is 5.75 Å². The predicted octanol–water partition coefficient (Wildman–Crippen LogP) is 4.64. The minimum atomic E-state index is -0.199. The second-order valence-corrected chi connectivity index (χ2v) is 6.73. The molecule has 1 amide bonds. The number of nitrogens with zero attached hydrogens (tertiary/aromatic N) is 2. The van der Waals surface area contributed by atoms with Gasteiger partial charge in [0.05, 0.1) is 5.69 Å². The highest BCUT2D eigenvalue weighted by molar-refractivity contribution is 5.93. The van der Waals surface area contributed by atoms with Gasteiger partial charge in [0.25, 0.3) is 5.91 Å². The van der Waals surface area contributed by atoms with Gasteiger partial charge in [0.2, 0.25) is 0 Å². The third kappa shape index (κ3) is 3.74. The highest BCUT2D eigenvalue weighted by atomic mass is 16.5. The van der Waals surface area contributed by atoms with E-state index < -0.39 is 0 Å². The fourth-order valence-corrected chi connectivity index (χ4v) is 3.06. The molecule has 0 aliphatic rings. The van der Waals surface area contributed by atoms with Gasteiger partial charge < -0.3 is 14.5 Å². The van der Waals surface area contributed by atoms with Crippen molar-refractivity contribution in [2.45, 2.75) is 13.8 Å². The number of aromatic nitrogens is 2. The third-order valence-electron chi connectivity index (χ3n) is 4.60. The van der Waals surface area contributed by atoms with Crippen molar-refractivity contribution in [3.05, 3.63) is 84.2 Å². The Labute approximate surface area is 163 Å². The molecule has 1 N–H and O–H groups in total. The lowest BCUT2D eigenvalue weighted by Gasteiger charge is -2.11. The molecule has 0 unspecified atom stereocenters. The summed E-state index contributed by atoms with van der Waals surface area (Å²) in [5.74, 6) is 0.471. The lowest BCUT2D eigenvalue weighted by Crippen LogP contribution is -2.20. The molecule has 0 bridgehead atoms. The first-order valence-electron chi connectivity index (χ1n) is 9.13. The summed E-state index contributed by atoms with van der Waals surface area (Å²) in [5, 5.41) is 2.94. The van der Waals surface area contributed by atoms with Gasteiger partial charge in [-0.1, -0.05) is 36.4 Å². The molecule has 0 aliphatic carbocycles. The number of hydrogen-bond acceptors (Lipinski definition) is 3. The topological polar surface area (TPSA) is 55.6 Å². The van der Waals surface area contributed by atoms with Crippen LogP contribution < -0.4 is 10.1 Å². The van der Waals surface area contributed by atoms with Gasteiger partial charge in [-0.2, -0.15) is 0 Å². The maximum absolute atomic E-state index is 12.3. The summed E-state index contributed by atoms with van der Waals surface area (Å²) < 4.78 is 7.53. The van der Waals surface area contributed by atoms with Crippen molar-refractivity contribution in [1.29, 1.82) is 0 Å². The summed E-state index contributed by atoms with van der Waals surface area (Å²) >= 11 is 0. The van der Waals surface area contributed by atoms with Crippen LogP contribution >= 0.6 is 0 Å². The fraction of sp³-hybridized carbons (Fsp3) is 0.130. The van der Waals surface area contributed by atoms with E-state index in [1.807, 2.05) is 91.3 Å². The van der Waals surface area contributed by atoms with Gasteiger partial charge in [-0.15, -0.1) is 0 Å². The first-order valence-corrected chi connectivity index (χ1v) is 9.13. The molecule has 0 aliphatic heterocycles. The summed E-state index contributed by atoms with van der Waals surface area (Å²) in [4.78, 5) is 17.0. The Morgan fingerprint density at radius 1 is 1.04 bits per heavy atom. The number of anilines is 1. The zero-order valence-electron chi connectivity index (χ0n) is 15.8. The number of carbonyl (C=O) groups is 1. The van der Waals surface area contributed by atoms with Gasteiger partial charge in [0.1, 0.15) is 11.4 Å². The van der Waals surface area contributed by atoms with E-state index in [9.17, 15) is 4.79 Å². The first kappa shape index (κ1) is 17.8. The summed E-state index contributed by atoms with van der Waals surface area (Å²) in [7, 11) is 0. The molecule has 4 rings (SSSR count). The molecule has 28 heavy (non-hydrogen) atoms. The first-order chi connectivity index (χ1) is 13.6. The van der Waals surface area contributed by atoms with E-state index in [4.69, 9.17) is 9.72 Å². The molecule has 2 aromatic heterocycles. The Balaban J connectivity index is 1.53. The normalized spacial score (nSPS) is 10.8. The smallest absolute Gasteiger partial charge is 0.262 e. The quantitative estimate of drug-likeness (QED) is 0.556. The zero-order valence-corrected chi connectivity index (χ0v) is 15.8. The third-order valence-corrected chi connectivity index (χ3v) is 4.60. The summed E-state index contributed by atoms with van der Waals surface area (Å²) in [5.41, 5.74) is 5.61. The van der Waals surface area contributed by atoms with Gasteiger partial charge in [-0.05, 0) is 49.2 Å². The van der Waals surface area contributed by atoms with Crippen LogP contribution in [-0.2, 0) is 4.79 Å². The van der Waals surface area contributed by atoms with E-state index in [0.717, 1.165) is 33.7 Å². The van der Waals surface area contributed by atoms with Crippen LogP contribution in [0, 0.1) is 13.8 Å². The van der Waals surface area contributed by atoms with Crippen molar-refractivity contribution in [3.63, 3.8) is 0 Å². The summed E-state index contributed by atoms with van der Waals surface area (Å²) in [6, 6.07) is 19.3. The second kappa shape index (κ2) is 7.56. The number of hydrogen-bond donors (Lipinski definition) is 1. The molecule has 0 atom stereocenters. The van der Waals surface area contributed by atoms with E-state index in [1.54, 1.807) is 0 Å². The minimum absolute atomic E-state index is 0.0404. The van der Waals surface area contributed by atoms with Crippen molar-refractivity contribution < 1.29 is 9.53 Å². The molecule has 140 valence electrons. The van der Waals surface area contributed by atoms with Crippen LogP contribution in [0.2, 0.25) is 0 Å². The number of benzene rings is 2. The number of amides is 1. The molecule has 2 aromatic carbocycles. The Morgan fingerprint density at radius 2 is 1.86 bits per heavy atom. The average Bonchev–Trinajstić information content (AvgIpc) is 3.15. The Morgan fingerprint density at radius 3 is 2.64 bits per heavy atom. The van der Waals surface area contributed by atoms with E-state index in [2.05, 4.69) is 5.32 Å². The Hall–Kier alpha value is -3.60. The Kier molecular flexibility index (Phi) is 4.81. The fourth-order valence-electron chi connectivity index (χ4n) is 3.06. The number of pyridine rings is 1. The van der Waals surface area contributed by atoms with Crippen LogP contribution in [0.3, 0.4) is 0 Å². The van der Waals surface area contributed by atoms with Gasteiger partial charge in [0, 0.05) is 23.6 Å². The minimum Gasteiger partial charge on any atom is -0.484 e. The highest BCUT2D eigenvalue weighted by Crippen LogP contribution is 2.26. The van der Waals surface area contributed by atoms with Crippen molar-refractivity contribution in [1.82, 2.24) is 9.38 Å². The lowest BCUT2D eigenvalue weighted by atomic mass is 10.1. The van der Waals surface area contributed by atoms with E-state index >= 15 is 0 Å². The molecule has 4 aromatic rings. The standard InChI is InChI=1S/C23H21N3O2/c1-16-10-11-18(21-14-26-12-6-7-17(2)23(26)25-21)13-20(16)24-22(27)15-28-19-8-4-3-5-9-19/h3-14H,15H2,1-2H3,(H,24,27). The monoisotopic (exact) mass is 371 g/mol. The number of fused-ring (bicyclic) bond motifs is 1. The molecule has 0 radical (unpaired) electrons. The van der Waals surface area contributed by atoms with Gasteiger partial charge in [0.15, 0.2) is 6.61 Å². The summed E-state index contributed by atoms with van der Waals surface area (Å²) in [6.45, 7) is 3.96. The largest absolute Gasteiger partial charge is 0.484 e. The van der Waals surface area contributed by atoms with Crippen LogP contribution in [0.1, 0.15) is 11.1 Å². The predicted molar refractivity (Wildman–Crippen MR) is 111 cm³/mol. The van der Waals surface area contributed by atoms with Crippen LogP contribution in [0.4, 0.5) is 5.69 Å². The van der Waals surface area contributed by atoms with E-state index in [0.29, 0.717) is 5.75 Å². The number of nitrogens with one attached hydrogen (secondary N) is 1. The molecular formula is C23H21N3O2. The highest BCUT2D eigenvalue weighted by Gasteiger charge is 2.10. The number of aryl methyl sites for hydroxylation is 2. The van der Waals surface area contributed by atoms with Crippen LogP contribution in [0.25, 0.3) is 16.9 Å². The van der Waals surface area contributed by atoms with Crippen molar-refractivity contribution >= 4 is 17.2 Å². The number of para-hydroxylation sites is 1. The van der Waals surface area contributed by atoms with Crippen LogP contribution in [-0.4, -0.2) is 21.9 Å². The maximum atomic E-state index is 12.3. The van der Waals surface area contributed by atoms with Crippen LogP contribution in [0.15, 0.2) is 73.1 Å². The molecule has 0 saturated heterocycles. The zero-order chi connectivity index (χ0) is 19.5. The average molecular weight is 371 g/mol. The number of rotatable bonds is 5. The lowest BCUT2D eigenvalue weighted by molar-refractivity contribution is -0.118. The summed E-state index contributed by atoms with van der Waals surface area (Å²) in [6.07, 6.45) is 3.98. The van der Waals surface area contributed by atoms with E-state index in [-0.39, 0.29) is 12.5 Å².